The summed E-state index contributed by atoms with van der Waals surface area (Å²) < 4.78 is 13.4. The lowest BCUT2D eigenvalue weighted by Crippen LogP contribution is -1.94. The first-order valence-electron chi connectivity index (χ1n) is 8.06. The lowest BCUT2D eigenvalue weighted by atomic mass is 10.0. The Balaban J connectivity index is 1.55. The second-order valence-electron chi connectivity index (χ2n) is 6.45. The molecule has 0 saturated heterocycles. The van der Waals surface area contributed by atoms with Crippen molar-refractivity contribution in [2.75, 3.05) is 6.79 Å². The Kier molecular flexibility index (Phi) is 3.49. The van der Waals surface area contributed by atoms with Crippen molar-refractivity contribution in [1.29, 1.82) is 0 Å². The van der Waals surface area contributed by atoms with Crippen molar-refractivity contribution in [2.24, 2.45) is 0 Å². The maximum atomic E-state index is 5.54. The fourth-order valence-corrected chi connectivity index (χ4v) is 5.75. The van der Waals surface area contributed by atoms with Crippen LogP contribution in [0, 0.1) is 6.92 Å². The van der Waals surface area contributed by atoms with Gasteiger partial charge in [-0.1, -0.05) is 24.3 Å². The minimum atomic E-state index is 0.339. The first-order chi connectivity index (χ1) is 11.8. The van der Waals surface area contributed by atoms with Crippen molar-refractivity contribution in [3.63, 3.8) is 0 Å². The van der Waals surface area contributed by atoms with Gasteiger partial charge in [0, 0.05) is 47.3 Å². The highest BCUT2D eigenvalue weighted by Gasteiger charge is 2.43. The fourth-order valence-electron chi connectivity index (χ4n) is 3.90. The minimum absolute atomic E-state index is 0.339. The number of hydrogen-bond acceptors (Lipinski definition) is 3. The fraction of sp³-hybridized carbons (Fsp3) is 0.263. The molecule has 0 radical (unpaired) electrons. The Morgan fingerprint density at radius 3 is 2.79 bits per heavy atom. The van der Waals surface area contributed by atoms with E-state index in [1.807, 2.05) is 6.07 Å². The number of halogens is 1. The molecule has 0 bridgehead atoms. The molecule has 2 aromatic carbocycles. The predicted octanol–water partition coefficient (Wildman–Crippen LogP) is 5.80. The van der Waals surface area contributed by atoms with Crippen LogP contribution in [0.5, 0.6) is 11.5 Å². The van der Waals surface area contributed by atoms with Gasteiger partial charge in [0.1, 0.15) is 0 Å². The number of rotatable bonds is 3. The number of para-hydroxylation sites is 1. The topological polar surface area (TPSA) is 23.4 Å². The zero-order chi connectivity index (χ0) is 16.3. The second-order valence-corrected chi connectivity index (χ2v) is 8.14. The number of benzene rings is 2. The summed E-state index contributed by atoms with van der Waals surface area (Å²) in [6.45, 7) is 2.60. The molecule has 0 spiro atoms. The molecule has 1 aliphatic carbocycles. The van der Waals surface area contributed by atoms with E-state index in [-0.39, 0.29) is 0 Å². The maximum Gasteiger partial charge on any atom is 0.231 e. The molecular formula is C19H16INO2S. The number of aromatic nitrogens is 1. The van der Waals surface area contributed by atoms with Crippen molar-refractivity contribution < 1.29 is 9.47 Å². The Labute approximate surface area is 157 Å². The van der Waals surface area contributed by atoms with Crippen molar-refractivity contribution >= 4 is 41.2 Å². The Morgan fingerprint density at radius 1 is 1.08 bits per heavy atom. The first kappa shape index (κ1) is 15.0. The monoisotopic (exact) mass is 449 g/mol. The van der Waals surface area contributed by atoms with E-state index >= 15 is 0 Å². The molecule has 2 atom stereocenters. The van der Waals surface area contributed by atoms with Gasteiger partial charge in [0.05, 0.1) is 5.52 Å². The van der Waals surface area contributed by atoms with Crippen LogP contribution in [0.1, 0.15) is 35.1 Å². The highest BCUT2D eigenvalue weighted by molar-refractivity contribution is 14.2. The highest BCUT2D eigenvalue weighted by Crippen LogP contribution is 2.58. The van der Waals surface area contributed by atoms with Gasteiger partial charge in [-0.05, 0) is 48.6 Å². The third-order valence-corrected chi connectivity index (χ3v) is 6.88. The normalized spacial score (nSPS) is 21.4. The van der Waals surface area contributed by atoms with Crippen molar-refractivity contribution in [1.82, 2.24) is 3.97 Å². The standard InChI is InChI=1S/C19H16INO2S/c1-11-13-4-2-3-5-16(13)21(24-20)19(11)15-9-14(15)12-6-7-17-18(8-12)23-10-22-17/h2-8,14-15H,9-10H2,1H3/t14-,15-/m0/s1. The van der Waals surface area contributed by atoms with Crippen LogP contribution in [0.25, 0.3) is 10.9 Å². The summed E-state index contributed by atoms with van der Waals surface area (Å²) in [5.74, 6) is 2.91. The summed E-state index contributed by atoms with van der Waals surface area (Å²) in [6, 6.07) is 15.1. The Hall–Kier alpha value is -1.34. The average molecular weight is 449 g/mol. The zero-order valence-electron chi connectivity index (χ0n) is 13.2. The van der Waals surface area contributed by atoms with Crippen LogP contribution in [0.4, 0.5) is 0 Å². The van der Waals surface area contributed by atoms with E-state index in [9.17, 15) is 0 Å². The molecule has 0 N–H and O–H groups in total. The quantitative estimate of drug-likeness (QED) is 0.473. The minimum Gasteiger partial charge on any atom is -0.454 e. The van der Waals surface area contributed by atoms with Gasteiger partial charge in [-0.25, -0.2) is 0 Å². The SMILES string of the molecule is Cc1c([C@H]2C[C@H]2c2ccc3c(c2)OCO3)n(SI)c2ccccc12. The van der Waals surface area contributed by atoms with E-state index in [0.29, 0.717) is 18.6 Å². The summed E-state index contributed by atoms with van der Waals surface area (Å²) in [5, 5.41) is 1.37. The first-order valence-corrected chi connectivity index (χ1v) is 11.4. The van der Waals surface area contributed by atoms with Crippen LogP contribution >= 0.6 is 30.3 Å². The van der Waals surface area contributed by atoms with Crippen LogP contribution in [-0.2, 0) is 0 Å². The largest absolute Gasteiger partial charge is 0.454 e. The second kappa shape index (κ2) is 5.59. The molecule has 1 aromatic heterocycles. The van der Waals surface area contributed by atoms with E-state index in [4.69, 9.17) is 9.47 Å². The molecule has 3 nitrogen and oxygen atoms in total. The predicted molar refractivity (Wildman–Crippen MR) is 106 cm³/mol. The Morgan fingerprint density at radius 2 is 1.92 bits per heavy atom. The number of fused-ring (bicyclic) bond motifs is 2. The Bertz CT molecular complexity index is 952. The molecule has 1 fully saturated rings. The lowest BCUT2D eigenvalue weighted by molar-refractivity contribution is 0.174. The summed E-state index contributed by atoms with van der Waals surface area (Å²) in [7, 11) is 1.77. The number of hydrogen-bond donors (Lipinski definition) is 0. The van der Waals surface area contributed by atoms with Gasteiger partial charge in [-0.15, -0.1) is 0 Å². The molecule has 0 amide bonds. The molecule has 3 aromatic rings. The van der Waals surface area contributed by atoms with Crippen molar-refractivity contribution in [3.8, 4) is 11.5 Å². The van der Waals surface area contributed by atoms with E-state index in [0.717, 1.165) is 11.5 Å². The highest BCUT2D eigenvalue weighted by atomic mass is 127. The molecule has 24 heavy (non-hydrogen) atoms. The van der Waals surface area contributed by atoms with E-state index < -0.39 is 0 Å². The zero-order valence-corrected chi connectivity index (χ0v) is 16.1. The van der Waals surface area contributed by atoms with Crippen molar-refractivity contribution in [3.05, 3.63) is 59.3 Å². The molecule has 2 heterocycles. The van der Waals surface area contributed by atoms with E-state index in [1.165, 1.54) is 34.1 Å². The van der Waals surface area contributed by atoms with Gasteiger partial charge in [-0.2, -0.15) is 0 Å². The van der Waals surface area contributed by atoms with Gasteiger partial charge >= 0.3 is 0 Å². The molecule has 1 saturated carbocycles. The van der Waals surface area contributed by atoms with Gasteiger partial charge in [-0.3, -0.25) is 3.97 Å². The van der Waals surface area contributed by atoms with Crippen molar-refractivity contribution in [2.45, 2.75) is 25.2 Å². The maximum absolute atomic E-state index is 5.54. The number of nitrogens with zero attached hydrogens (tertiary/aromatic N) is 1. The van der Waals surface area contributed by atoms with Gasteiger partial charge in [0.25, 0.3) is 0 Å². The van der Waals surface area contributed by atoms with Crippen LogP contribution in [0.2, 0.25) is 0 Å². The third kappa shape index (κ3) is 2.17. The number of aryl methyl sites for hydroxylation is 1. The molecule has 1 aliphatic heterocycles. The molecule has 5 heteroatoms. The van der Waals surface area contributed by atoms with Crippen LogP contribution in [-0.4, -0.2) is 10.8 Å². The van der Waals surface area contributed by atoms with Gasteiger partial charge < -0.3 is 9.47 Å². The van der Waals surface area contributed by atoms with Gasteiger partial charge in [0.2, 0.25) is 6.79 Å². The lowest BCUT2D eigenvalue weighted by Gasteiger charge is -2.07. The summed E-state index contributed by atoms with van der Waals surface area (Å²) >= 11 is 2.39. The van der Waals surface area contributed by atoms with Crippen LogP contribution in [0.3, 0.4) is 0 Å². The molecular weight excluding hydrogens is 433 g/mol. The van der Waals surface area contributed by atoms with Crippen LogP contribution < -0.4 is 9.47 Å². The van der Waals surface area contributed by atoms with E-state index in [2.05, 4.69) is 68.5 Å². The average Bonchev–Trinajstić information content (AvgIpc) is 3.15. The van der Waals surface area contributed by atoms with Gasteiger partial charge in [0.15, 0.2) is 11.5 Å². The molecule has 5 rings (SSSR count). The molecule has 0 unspecified atom stereocenters. The smallest absolute Gasteiger partial charge is 0.231 e. The number of ether oxygens (including phenoxy) is 2. The molecule has 2 aliphatic rings. The van der Waals surface area contributed by atoms with E-state index in [1.54, 1.807) is 9.12 Å². The summed E-state index contributed by atoms with van der Waals surface area (Å²) in [6.07, 6.45) is 1.20. The summed E-state index contributed by atoms with van der Waals surface area (Å²) in [4.78, 5) is 0. The molecule has 122 valence electrons. The van der Waals surface area contributed by atoms with Crippen LogP contribution in [0.15, 0.2) is 42.5 Å². The summed E-state index contributed by atoms with van der Waals surface area (Å²) in [5.41, 5.74) is 5.57. The third-order valence-electron chi connectivity index (χ3n) is 5.17.